The molecule has 0 saturated carbocycles. The highest BCUT2D eigenvalue weighted by atomic mass is 16.3. The summed E-state index contributed by atoms with van der Waals surface area (Å²) in [5, 5.41) is 16.2. The van der Waals surface area contributed by atoms with Crippen molar-refractivity contribution in [1.29, 1.82) is 0 Å². The third kappa shape index (κ3) is 2.92. The van der Waals surface area contributed by atoms with Gasteiger partial charge in [0.05, 0.1) is 6.10 Å². The van der Waals surface area contributed by atoms with Crippen molar-refractivity contribution in [3.63, 3.8) is 0 Å². The molecule has 1 amide bonds. The first-order valence-corrected chi connectivity index (χ1v) is 6.08. The zero-order valence-corrected chi connectivity index (χ0v) is 10.9. The van der Waals surface area contributed by atoms with Crippen LogP contribution in [0.4, 0.5) is 10.5 Å². The number of hydrogen-bond acceptors (Lipinski definition) is 3. The molecule has 95 valence electrons. The lowest BCUT2D eigenvalue weighted by Crippen LogP contribution is -2.39. The predicted molar refractivity (Wildman–Crippen MR) is 73.6 cm³/mol. The minimum absolute atomic E-state index is 0.0449. The molecule has 0 aromatic heterocycles. The van der Waals surface area contributed by atoms with Crippen molar-refractivity contribution in [2.45, 2.75) is 32.4 Å². The van der Waals surface area contributed by atoms with Gasteiger partial charge in [-0.15, -0.1) is 0 Å². The molecule has 0 bridgehead atoms. The number of carbonyl (C=O) groups excluding carboxylic acids is 1. The van der Waals surface area contributed by atoms with Crippen LogP contribution < -0.4 is 16.1 Å². The van der Waals surface area contributed by atoms with Crippen LogP contribution in [0.3, 0.4) is 0 Å². The van der Waals surface area contributed by atoms with Crippen LogP contribution in [0.25, 0.3) is 0 Å². The van der Waals surface area contributed by atoms with Crippen molar-refractivity contribution >= 4 is 24.2 Å². The van der Waals surface area contributed by atoms with E-state index in [1.807, 2.05) is 39.0 Å². The van der Waals surface area contributed by atoms with Gasteiger partial charge in [0, 0.05) is 17.8 Å². The Bertz CT molecular complexity index is 469. The molecule has 3 N–H and O–H groups in total. The summed E-state index contributed by atoms with van der Waals surface area (Å²) in [7, 11) is 1.53. The first kappa shape index (κ1) is 13.1. The van der Waals surface area contributed by atoms with Gasteiger partial charge in [-0.25, -0.2) is 0 Å². The molecule has 1 atom stereocenters. The Morgan fingerprint density at radius 2 is 2.17 bits per heavy atom. The summed E-state index contributed by atoms with van der Waals surface area (Å²) in [4.78, 5) is 11.3. The SMILES string of the molecule is CC(C)(C)NCC(O)c1cccc2c1[B]C(=O)N2. The number of nitrogens with one attached hydrogen (secondary N) is 2. The zero-order chi connectivity index (χ0) is 13.3. The second-order valence-corrected chi connectivity index (χ2v) is 5.59. The molecule has 0 spiro atoms. The van der Waals surface area contributed by atoms with E-state index in [1.165, 1.54) is 7.28 Å². The Kier molecular flexibility index (Phi) is 3.46. The van der Waals surface area contributed by atoms with E-state index in [2.05, 4.69) is 10.6 Å². The van der Waals surface area contributed by atoms with Gasteiger partial charge in [0.1, 0.15) is 0 Å². The maximum absolute atomic E-state index is 11.3. The normalized spacial score (nSPS) is 15.9. The van der Waals surface area contributed by atoms with Gasteiger partial charge in [0.25, 0.3) is 7.28 Å². The number of anilines is 1. The van der Waals surface area contributed by atoms with Gasteiger partial charge in [-0.2, -0.15) is 0 Å². The van der Waals surface area contributed by atoms with Crippen LogP contribution in [0.2, 0.25) is 0 Å². The highest BCUT2D eigenvalue weighted by Crippen LogP contribution is 2.18. The first-order valence-electron chi connectivity index (χ1n) is 6.08. The fraction of sp³-hybridized carbons (Fsp3) is 0.462. The van der Waals surface area contributed by atoms with E-state index in [1.54, 1.807) is 0 Å². The minimum Gasteiger partial charge on any atom is -0.387 e. The lowest BCUT2D eigenvalue weighted by molar-refractivity contribution is 0.164. The number of benzene rings is 1. The molecule has 0 saturated heterocycles. The lowest BCUT2D eigenvalue weighted by atomic mass is 9.69. The summed E-state index contributed by atoms with van der Waals surface area (Å²) in [6.07, 6.45) is -0.622. The van der Waals surface area contributed by atoms with E-state index in [0.717, 1.165) is 16.7 Å². The van der Waals surface area contributed by atoms with Crippen molar-refractivity contribution in [3.8, 4) is 0 Å². The fourth-order valence-electron chi connectivity index (χ4n) is 1.96. The molecular weight excluding hydrogens is 227 g/mol. The number of hydrogen-bond donors (Lipinski definition) is 3. The lowest BCUT2D eigenvalue weighted by Gasteiger charge is -2.23. The second kappa shape index (κ2) is 4.74. The van der Waals surface area contributed by atoms with Gasteiger partial charge >= 0.3 is 0 Å². The predicted octanol–water partition coefficient (Wildman–Crippen LogP) is 0.983. The number of aliphatic hydroxyl groups excluding tert-OH is 1. The van der Waals surface area contributed by atoms with Gasteiger partial charge in [0.15, 0.2) is 5.81 Å². The van der Waals surface area contributed by atoms with Crippen molar-refractivity contribution in [3.05, 3.63) is 23.8 Å². The molecule has 1 aromatic rings. The molecule has 5 heteroatoms. The number of fused-ring (bicyclic) bond motifs is 1. The number of carbonyl (C=O) groups is 1. The van der Waals surface area contributed by atoms with Crippen LogP contribution in [0, 0.1) is 0 Å². The molecule has 18 heavy (non-hydrogen) atoms. The van der Waals surface area contributed by atoms with Gasteiger partial charge < -0.3 is 15.7 Å². The molecule has 1 aliphatic heterocycles. The summed E-state index contributed by atoms with van der Waals surface area (Å²) in [5.74, 6) is -0.131. The number of β-amino-alcohol motifs (C(OH)–C–C–N with tert-alkyl or cyclic N) is 1. The molecule has 4 nitrogen and oxygen atoms in total. The van der Waals surface area contributed by atoms with E-state index in [0.29, 0.717) is 6.54 Å². The summed E-state index contributed by atoms with van der Waals surface area (Å²) < 4.78 is 0. The van der Waals surface area contributed by atoms with Gasteiger partial charge in [-0.05, 0) is 37.9 Å². The first-order chi connectivity index (χ1) is 8.37. The van der Waals surface area contributed by atoms with Gasteiger partial charge in [-0.3, -0.25) is 4.79 Å². The Labute approximate surface area is 108 Å². The smallest absolute Gasteiger partial charge is 0.274 e. The molecule has 0 aliphatic carbocycles. The van der Waals surface area contributed by atoms with Gasteiger partial charge in [0.2, 0.25) is 0 Å². The van der Waals surface area contributed by atoms with Crippen LogP contribution in [0.1, 0.15) is 32.4 Å². The Hall–Kier alpha value is -1.33. The second-order valence-electron chi connectivity index (χ2n) is 5.59. The Morgan fingerprint density at radius 1 is 1.44 bits per heavy atom. The van der Waals surface area contributed by atoms with E-state index in [9.17, 15) is 9.90 Å². The highest BCUT2D eigenvalue weighted by molar-refractivity contribution is 6.89. The number of rotatable bonds is 3. The molecule has 2 rings (SSSR count). The third-order valence-electron chi connectivity index (χ3n) is 2.86. The van der Waals surface area contributed by atoms with Crippen LogP contribution in [0.15, 0.2) is 18.2 Å². The van der Waals surface area contributed by atoms with Crippen molar-refractivity contribution in [2.24, 2.45) is 0 Å². The Morgan fingerprint density at radius 3 is 2.83 bits per heavy atom. The van der Waals surface area contributed by atoms with E-state index in [-0.39, 0.29) is 11.3 Å². The van der Waals surface area contributed by atoms with Crippen molar-refractivity contribution in [2.75, 3.05) is 11.9 Å². The molecule has 0 fully saturated rings. The summed E-state index contributed by atoms with van der Waals surface area (Å²) >= 11 is 0. The molecular formula is C13H18BN2O2. The van der Waals surface area contributed by atoms with Gasteiger partial charge in [-0.1, -0.05) is 12.1 Å². The fourth-order valence-corrected chi connectivity index (χ4v) is 1.96. The summed E-state index contributed by atoms with van der Waals surface area (Å²) in [5.41, 5.74) is 2.30. The van der Waals surface area contributed by atoms with Crippen molar-refractivity contribution in [1.82, 2.24) is 5.32 Å². The molecule has 1 unspecified atom stereocenters. The average Bonchev–Trinajstić information content (AvgIpc) is 2.64. The quantitative estimate of drug-likeness (QED) is 0.696. The maximum Gasteiger partial charge on any atom is 0.274 e. The molecule has 1 aliphatic rings. The van der Waals surface area contributed by atoms with Crippen molar-refractivity contribution < 1.29 is 9.90 Å². The monoisotopic (exact) mass is 245 g/mol. The van der Waals surface area contributed by atoms with Crippen LogP contribution in [-0.4, -0.2) is 30.3 Å². The summed E-state index contributed by atoms with van der Waals surface area (Å²) in [6.45, 7) is 6.60. The van der Waals surface area contributed by atoms with Crippen LogP contribution in [-0.2, 0) is 0 Å². The topological polar surface area (TPSA) is 61.4 Å². The molecule has 1 aromatic carbocycles. The van der Waals surface area contributed by atoms with Crippen LogP contribution >= 0.6 is 0 Å². The van der Waals surface area contributed by atoms with Crippen LogP contribution in [0.5, 0.6) is 0 Å². The molecule has 1 radical (unpaired) electrons. The average molecular weight is 245 g/mol. The summed E-state index contributed by atoms with van der Waals surface area (Å²) in [6, 6.07) is 5.53. The maximum atomic E-state index is 11.3. The number of amides is 1. The molecule has 1 heterocycles. The zero-order valence-electron chi connectivity index (χ0n) is 10.9. The van der Waals surface area contributed by atoms with E-state index >= 15 is 0 Å². The minimum atomic E-state index is -0.622. The van der Waals surface area contributed by atoms with E-state index in [4.69, 9.17) is 0 Å². The third-order valence-corrected chi connectivity index (χ3v) is 2.86. The number of aliphatic hydroxyl groups is 1. The highest BCUT2D eigenvalue weighted by Gasteiger charge is 2.25. The van der Waals surface area contributed by atoms with E-state index < -0.39 is 6.10 Å². The standard InChI is InChI=1S/C13H18BN2O2/c1-13(2,3)15-7-10(17)8-5-4-6-9-11(8)14-12(18)16-9/h4-6,10,15,17H,7H2,1-3H3,(H,16,18). The largest absolute Gasteiger partial charge is 0.387 e. The Balaban J connectivity index is 2.15.